The van der Waals surface area contributed by atoms with Gasteiger partial charge in [-0.25, -0.2) is 4.98 Å². The zero-order valence-corrected chi connectivity index (χ0v) is 15.7. The smallest absolute Gasteiger partial charge is 0.258 e. The molecule has 0 radical (unpaired) electrons. The maximum Gasteiger partial charge on any atom is 0.258 e. The predicted molar refractivity (Wildman–Crippen MR) is 106 cm³/mol. The molecule has 2 aromatic carbocycles. The summed E-state index contributed by atoms with van der Waals surface area (Å²) < 4.78 is 7.51. The largest absolute Gasteiger partial charge is 0.484 e. The Morgan fingerprint density at radius 2 is 1.96 bits per heavy atom. The van der Waals surface area contributed by atoms with Gasteiger partial charge in [0.05, 0.1) is 17.6 Å². The molecule has 1 fully saturated rings. The molecule has 1 aromatic heterocycles. The van der Waals surface area contributed by atoms with Crippen LogP contribution in [0, 0.1) is 0 Å². The summed E-state index contributed by atoms with van der Waals surface area (Å²) >= 11 is 0. The summed E-state index contributed by atoms with van der Waals surface area (Å²) in [5, 5.41) is 2.83. The van der Waals surface area contributed by atoms with E-state index < -0.39 is 0 Å². The number of carbonyl (C=O) groups is 2. The van der Waals surface area contributed by atoms with Crippen molar-refractivity contribution in [1.29, 1.82) is 0 Å². The first kappa shape index (κ1) is 18.0. The van der Waals surface area contributed by atoms with E-state index in [1.165, 1.54) is 0 Å². The third-order valence-corrected chi connectivity index (χ3v) is 4.92. The van der Waals surface area contributed by atoms with Gasteiger partial charge >= 0.3 is 0 Å². The first-order valence-corrected chi connectivity index (χ1v) is 9.32. The van der Waals surface area contributed by atoms with Gasteiger partial charge in [-0.2, -0.15) is 0 Å². The van der Waals surface area contributed by atoms with Crippen LogP contribution in [0.3, 0.4) is 0 Å². The summed E-state index contributed by atoms with van der Waals surface area (Å²) in [5.41, 5.74) is 2.79. The minimum atomic E-state index is -0.217. The predicted octanol–water partition coefficient (Wildman–Crippen LogP) is 2.40. The number of anilines is 1. The van der Waals surface area contributed by atoms with Gasteiger partial charge in [0.1, 0.15) is 11.6 Å². The molecule has 4 rings (SSSR count). The highest BCUT2D eigenvalue weighted by atomic mass is 16.5. The molecular formula is C21H22N4O3. The lowest BCUT2D eigenvalue weighted by Crippen LogP contribution is -2.29. The summed E-state index contributed by atoms with van der Waals surface area (Å²) in [6.07, 6.45) is 1.49. The number of ether oxygens (including phenoxy) is 1. The van der Waals surface area contributed by atoms with Crippen molar-refractivity contribution in [2.75, 3.05) is 18.1 Å². The highest BCUT2D eigenvalue weighted by molar-refractivity contribution is 5.95. The molecule has 0 spiro atoms. The number of fused-ring (bicyclic) bond motifs is 1. The number of aromatic nitrogens is 2. The normalized spacial score (nSPS) is 13.9. The average molecular weight is 378 g/mol. The van der Waals surface area contributed by atoms with Gasteiger partial charge < -0.3 is 19.5 Å². The van der Waals surface area contributed by atoms with E-state index >= 15 is 0 Å². The fraction of sp³-hybridized carbons (Fsp3) is 0.286. The molecule has 1 aliphatic heterocycles. The molecule has 144 valence electrons. The molecule has 0 saturated carbocycles. The van der Waals surface area contributed by atoms with Crippen LogP contribution in [0.1, 0.15) is 18.7 Å². The fourth-order valence-electron chi connectivity index (χ4n) is 3.37. The second kappa shape index (κ2) is 7.72. The van der Waals surface area contributed by atoms with E-state index in [-0.39, 0.29) is 18.4 Å². The molecule has 1 N–H and O–H groups in total. The molecule has 3 aromatic rings. The SMILES string of the molecule is Cn1c(CNC(=O)COc2ccc(N3CCCC3=O)cc2)nc2ccccc21. The number of carbonyl (C=O) groups excluding carboxylic acids is 2. The van der Waals surface area contributed by atoms with E-state index in [2.05, 4.69) is 10.3 Å². The molecule has 7 nitrogen and oxygen atoms in total. The van der Waals surface area contributed by atoms with Crippen molar-refractivity contribution in [3.63, 3.8) is 0 Å². The highest BCUT2D eigenvalue weighted by Crippen LogP contribution is 2.23. The first-order valence-electron chi connectivity index (χ1n) is 9.32. The molecule has 2 amide bonds. The molecule has 1 aliphatic rings. The number of para-hydroxylation sites is 2. The lowest BCUT2D eigenvalue weighted by atomic mass is 10.3. The van der Waals surface area contributed by atoms with Crippen molar-refractivity contribution >= 4 is 28.5 Å². The fourth-order valence-corrected chi connectivity index (χ4v) is 3.37. The van der Waals surface area contributed by atoms with Crippen LogP contribution in [0.2, 0.25) is 0 Å². The second-order valence-electron chi connectivity index (χ2n) is 6.78. The first-order chi connectivity index (χ1) is 13.6. The minimum absolute atomic E-state index is 0.0774. The third-order valence-electron chi connectivity index (χ3n) is 4.92. The van der Waals surface area contributed by atoms with Gasteiger partial charge in [0.25, 0.3) is 5.91 Å². The number of nitrogens with zero attached hydrogens (tertiary/aromatic N) is 3. The zero-order chi connectivity index (χ0) is 19.5. The Kier molecular flexibility index (Phi) is 4.97. The van der Waals surface area contributed by atoms with Crippen LogP contribution in [-0.4, -0.2) is 34.5 Å². The van der Waals surface area contributed by atoms with E-state index in [0.29, 0.717) is 18.7 Å². The van der Waals surface area contributed by atoms with Crippen LogP contribution in [0.15, 0.2) is 48.5 Å². The number of amides is 2. The quantitative estimate of drug-likeness (QED) is 0.715. The maximum atomic E-state index is 12.1. The monoisotopic (exact) mass is 378 g/mol. The van der Waals surface area contributed by atoms with E-state index in [4.69, 9.17) is 4.74 Å². The number of aryl methyl sites for hydroxylation is 1. The van der Waals surface area contributed by atoms with Gasteiger partial charge in [-0.15, -0.1) is 0 Å². The summed E-state index contributed by atoms with van der Waals surface area (Å²) in [6.45, 7) is 1.01. The lowest BCUT2D eigenvalue weighted by Gasteiger charge is -2.16. The van der Waals surface area contributed by atoms with Gasteiger partial charge in [0, 0.05) is 25.7 Å². The van der Waals surface area contributed by atoms with Crippen molar-refractivity contribution in [2.24, 2.45) is 7.05 Å². The standard InChI is InChI=1S/C21H22N4O3/c1-24-18-6-3-2-5-17(18)23-19(24)13-22-20(26)14-28-16-10-8-15(9-11-16)25-12-4-7-21(25)27/h2-3,5-6,8-11H,4,7,12-14H2,1H3,(H,22,26). The zero-order valence-electron chi connectivity index (χ0n) is 15.7. The molecule has 0 unspecified atom stereocenters. The van der Waals surface area contributed by atoms with Gasteiger partial charge in [0.2, 0.25) is 5.91 Å². The van der Waals surface area contributed by atoms with Crippen LogP contribution in [-0.2, 0) is 23.2 Å². The Labute approximate surface area is 162 Å². The van der Waals surface area contributed by atoms with Crippen molar-refractivity contribution in [3.05, 3.63) is 54.4 Å². The molecule has 28 heavy (non-hydrogen) atoms. The van der Waals surface area contributed by atoms with Crippen LogP contribution in [0.4, 0.5) is 5.69 Å². The molecule has 1 saturated heterocycles. The highest BCUT2D eigenvalue weighted by Gasteiger charge is 2.21. The summed E-state index contributed by atoms with van der Waals surface area (Å²) in [6, 6.07) is 15.1. The Balaban J connectivity index is 1.29. The number of benzene rings is 2. The Morgan fingerprint density at radius 3 is 2.68 bits per heavy atom. The topological polar surface area (TPSA) is 76.5 Å². The Morgan fingerprint density at radius 1 is 1.18 bits per heavy atom. The molecular weight excluding hydrogens is 356 g/mol. The van der Waals surface area contributed by atoms with Gasteiger partial charge in [-0.05, 0) is 42.8 Å². The van der Waals surface area contributed by atoms with Crippen LogP contribution >= 0.6 is 0 Å². The van der Waals surface area contributed by atoms with Crippen LogP contribution in [0.25, 0.3) is 11.0 Å². The molecule has 7 heteroatoms. The molecule has 0 aliphatic carbocycles. The van der Waals surface area contributed by atoms with Crippen LogP contribution < -0.4 is 15.0 Å². The Hall–Kier alpha value is -3.35. The summed E-state index contributed by atoms with van der Waals surface area (Å²) in [5.74, 6) is 1.31. The molecule has 2 heterocycles. The van der Waals surface area contributed by atoms with E-state index in [9.17, 15) is 9.59 Å². The number of hydrogen-bond acceptors (Lipinski definition) is 4. The van der Waals surface area contributed by atoms with E-state index in [1.54, 1.807) is 17.0 Å². The van der Waals surface area contributed by atoms with E-state index in [0.717, 1.165) is 35.5 Å². The molecule has 0 bridgehead atoms. The van der Waals surface area contributed by atoms with Crippen molar-refractivity contribution in [1.82, 2.24) is 14.9 Å². The number of imidazole rings is 1. The summed E-state index contributed by atoms with van der Waals surface area (Å²) in [7, 11) is 1.93. The number of hydrogen-bond donors (Lipinski definition) is 1. The van der Waals surface area contributed by atoms with Gasteiger partial charge in [-0.3, -0.25) is 9.59 Å². The minimum Gasteiger partial charge on any atom is -0.484 e. The van der Waals surface area contributed by atoms with Crippen LogP contribution in [0.5, 0.6) is 5.75 Å². The van der Waals surface area contributed by atoms with Gasteiger partial charge in [0.15, 0.2) is 6.61 Å². The summed E-state index contributed by atoms with van der Waals surface area (Å²) in [4.78, 5) is 30.2. The third kappa shape index (κ3) is 3.69. The Bertz CT molecular complexity index is 1010. The number of nitrogens with one attached hydrogen (secondary N) is 1. The van der Waals surface area contributed by atoms with Gasteiger partial charge in [-0.1, -0.05) is 12.1 Å². The number of rotatable bonds is 6. The molecule has 0 atom stereocenters. The van der Waals surface area contributed by atoms with Crippen molar-refractivity contribution in [3.8, 4) is 5.75 Å². The lowest BCUT2D eigenvalue weighted by molar-refractivity contribution is -0.123. The maximum absolute atomic E-state index is 12.1. The average Bonchev–Trinajstić information content (AvgIpc) is 3.28. The van der Waals surface area contributed by atoms with E-state index in [1.807, 2.05) is 48.0 Å². The van der Waals surface area contributed by atoms with Crippen molar-refractivity contribution < 1.29 is 14.3 Å². The van der Waals surface area contributed by atoms with Crippen molar-refractivity contribution in [2.45, 2.75) is 19.4 Å². The second-order valence-corrected chi connectivity index (χ2v) is 6.78.